The third kappa shape index (κ3) is 4.28. The largest absolute Gasteiger partial charge is 0.383 e. The summed E-state index contributed by atoms with van der Waals surface area (Å²) in [5, 5.41) is 0. The summed E-state index contributed by atoms with van der Waals surface area (Å²) in [6, 6.07) is 0. The highest BCUT2D eigenvalue weighted by molar-refractivity contribution is 7.88. The Bertz CT molecular complexity index is 568. The normalized spacial score (nSPS) is 20.8. The molecule has 1 aromatic heterocycles. The molecule has 1 unspecified atom stereocenters. The molecule has 1 fully saturated rings. The molecular formula is C14H25N3O3S. The van der Waals surface area contributed by atoms with E-state index in [1.54, 1.807) is 11.4 Å². The Balaban J connectivity index is 2.04. The highest BCUT2D eigenvalue weighted by Gasteiger charge is 2.27. The second-order valence-corrected chi connectivity index (χ2v) is 7.78. The van der Waals surface area contributed by atoms with Gasteiger partial charge in [0.25, 0.3) is 0 Å². The Hall–Kier alpha value is -0.920. The number of rotatable bonds is 6. The topological polar surface area (TPSA) is 64.4 Å². The minimum Gasteiger partial charge on any atom is -0.383 e. The first-order valence-corrected chi connectivity index (χ1v) is 9.21. The van der Waals surface area contributed by atoms with Gasteiger partial charge in [-0.05, 0) is 25.7 Å². The number of ether oxygens (including phenoxy) is 1. The summed E-state index contributed by atoms with van der Waals surface area (Å²) < 4.78 is 32.3. The highest BCUT2D eigenvalue weighted by atomic mass is 32.2. The summed E-state index contributed by atoms with van der Waals surface area (Å²) in [6.45, 7) is 4.74. The van der Waals surface area contributed by atoms with Gasteiger partial charge < -0.3 is 9.30 Å². The van der Waals surface area contributed by atoms with Crippen LogP contribution in [-0.4, -0.2) is 55.3 Å². The van der Waals surface area contributed by atoms with Crippen molar-refractivity contribution in [3.63, 3.8) is 0 Å². The molecule has 0 radical (unpaired) electrons. The van der Waals surface area contributed by atoms with E-state index in [2.05, 4.69) is 9.55 Å². The number of imidazole rings is 1. The van der Waals surface area contributed by atoms with Crippen LogP contribution in [0.2, 0.25) is 0 Å². The second-order valence-electron chi connectivity index (χ2n) is 5.79. The van der Waals surface area contributed by atoms with Crippen molar-refractivity contribution in [3.05, 3.63) is 17.7 Å². The van der Waals surface area contributed by atoms with Crippen molar-refractivity contribution in [3.8, 4) is 0 Å². The van der Waals surface area contributed by atoms with Crippen LogP contribution < -0.4 is 0 Å². The van der Waals surface area contributed by atoms with Crippen LogP contribution in [0.25, 0.3) is 0 Å². The first-order valence-electron chi connectivity index (χ1n) is 7.37. The van der Waals surface area contributed by atoms with Gasteiger partial charge in [0.1, 0.15) is 5.82 Å². The van der Waals surface area contributed by atoms with E-state index in [-0.39, 0.29) is 0 Å². The molecule has 0 aliphatic carbocycles. The fourth-order valence-electron chi connectivity index (χ4n) is 2.91. The van der Waals surface area contributed by atoms with Crippen LogP contribution in [0, 0.1) is 12.8 Å². The van der Waals surface area contributed by atoms with E-state index in [0.717, 1.165) is 37.3 Å². The molecular weight excluding hydrogens is 290 g/mol. The molecule has 1 aliphatic rings. The van der Waals surface area contributed by atoms with Crippen molar-refractivity contribution in [1.82, 2.24) is 13.9 Å². The Morgan fingerprint density at radius 1 is 1.48 bits per heavy atom. The molecule has 0 bridgehead atoms. The lowest BCUT2D eigenvalue weighted by Crippen LogP contribution is -2.40. The van der Waals surface area contributed by atoms with Crippen LogP contribution in [0.5, 0.6) is 0 Å². The summed E-state index contributed by atoms with van der Waals surface area (Å²) in [7, 11) is -1.39. The SMILES string of the molecule is COCCn1c(C)cnc1CC1CCCN(S(C)(=O)=O)C1. The van der Waals surface area contributed by atoms with E-state index >= 15 is 0 Å². The first kappa shape index (κ1) is 16.5. The van der Waals surface area contributed by atoms with Crippen LogP contribution in [-0.2, 0) is 27.7 Å². The van der Waals surface area contributed by atoms with Gasteiger partial charge in [-0.3, -0.25) is 0 Å². The van der Waals surface area contributed by atoms with Crippen LogP contribution in [0.15, 0.2) is 6.20 Å². The monoisotopic (exact) mass is 315 g/mol. The summed E-state index contributed by atoms with van der Waals surface area (Å²) >= 11 is 0. The average Bonchev–Trinajstić information content (AvgIpc) is 2.76. The minimum absolute atomic E-state index is 0.344. The predicted molar refractivity (Wildman–Crippen MR) is 81.7 cm³/mol. The average molecular weight is 315 g/mol. The molecule has 7 heteroatoms. The number of hydrogen-bond donors (Lipinski definition) is 0. The number of sulfonamides is 1. The summed E-state index contributed by atoms with van der Waals surface area (Å²) in [5.74, 6) is 1.38. The zero-order valence-corrected chi connectivity index (χ0v) is 13.9. The molecule has 21 heavy (non-hydrogen) atoms. The molecule has 0 N–H and O–H groups in total. The maximum absolute atomic E-state index is 11.7. The van der Waals surface area contributed by atoms with Crippen molar-refractivity contribution < 1.29 is 13.2 Å². The quantitative estimate of drug-likeness (QED) is 0.787. The number of aromatic nitrogens is 2. The van der Waals surface area contributed by atoms with Gasteiger partial charge in [0, 0.05) is 45.1 Å². The van der Waals surface area contributed by atoms with Gasteiger partial charge in [-0.2, -0.15) is 0 Å². The Kier molecular flexibility index (Phi) is 5.40. The summed E-state index contributed by atoms with van der Waals surface area (Å²) in [5.41, 5.74) is 1.12. The van der Waals surface area contributed by atoms with Crippen molar-refractivity contribution in [1.29, 1.82) is 0 Å². The molecule has 1 aromatic rings. The predicted octanol–water partition coefficient (Wildman–Crippen LogP) is 1.05. The molecule has 0 saturated carbocycles. The molecule has 0 spiro atoms. The van der Waals surface area contributed by atoms with Gasteiger partial charge in [0.2, 0.25) is 10.0 Å². The maximum atomic E-state index is 11.7. The zero-order chi connectivity index (χ0) is 15.5. The van der Waals surface area contributed by atoms with Gasteiger partial charge in [0.15, 0.2) is 0 Å². The smallest absolute Gasteiger partial charge is 0.211 e. The standard InChI is InChI=1S/C14H25N3O3S/c1-12-10-15-14(17(12)7-8-20-2)9-13-5-4-6-16(11-13)21(3,18)19/h10,13H,4-9,11H2,1-3H3. The van der Waals surface area contributed by atoms with Gasteiger partial charge >= 0.3 is 0 Å². The van der Waals surface area contributed by atoms with E-state index in [4.69, 9.17) is 4.74 Å². The number of methoxy groups -OCH3 is 1. The molecule has 120 valence electrons. The highest BCUT2D eigenvalue weighted by Crippen LogP contribution is 2.22. The summed E-state index contributed by atoms with van der Waals surface area (Å²) in [6.07, 6.45) is 5.97. The minimum atomic E-state index is -3.08. The third-order valence-electron chi connectivity index (χ3n) is 4.08. The molecule has 2 heterocycles. The molecule has 1 atom stereocenters. The Morgan fingerprint density at radius 2 is 2.24 bits per heavy atom. The van der Waals surface area contributed by atoms with E-state index in [9.17, 15) is 8.42 Å². The van der Waals surface area contributed by atoms with Gasteiger partial charge in [-0.15, -0.1) is 0 Å². The van der Waals surface area contributed by atoms with E-state index in [0.29, 0.717) is 25.6 Å². The molecule has 1 saturated heterocycles. The lowest BCUT2D eigenvalue weighted by Gasteiger charge is -2.30. The van der Waals surface area contributed by atoms with Crippen molar-refractivity contribution in [2.45, 2.75) is 32.7 Å². The van der Waals surface area contributed by atoms with Crippen LogP contribution >= 0.6 is 0 Å². The van der Waals surface area contributed by atoms with E-state index in [1.807, 2.05) is 13.1 Å². The van der Waals surface area contributed by atoms with Crippen LogP contribution in [0.3, 0.4) is 0 Å². The van der Waals surface area contributed by atoms with Gasteiger partial charge in [0.05, 0.1) is 12.9 Å². The molecule has 0 aromatic carbocycles. The van der Waals surface area contributed by atoms with E-state index < -0.39 is 10.0 Å². The van der Waals surface area contributed by atoms with Gasteiger partial charge in [-0.25, -0.2) is 17.7 Å². The second kappa shape index (κ2) is 6.89. The maximum Gasteiger partial charge on any atom is 0.211 e. The molecule has 1 aliphatic heterocycles. The molecule has 6 nitrogen and oxygen atoms in total. The number of nitrogens with zero attached hydrogens (tertiary/aromatic N) is 3. The number of aryl methyl sites for hydroxylation is 1. The van der Waals surface area contributed by atoms with Gasteiger partial charge in [-0.1, -0.05) is 0 Å². The number of piperidine rings is 1. The number of hydrogen-bond acceptors (Lipinski definition) is 4. The van der Waals surface area contributed by atoms with E-state index in [1.165, 1.54) is 6.26 Å². The molecule has 2 rings (SSSR count). The van der Waals surface area contributed by atoms with Crippen molar-refractivity contribution in [2.75, 3.05) is 33.1 Å². The zero-order valence-electron chi connectivity index (χ0n) is 13.1. The lowest BCUT2D eigenvalue weighted by molar-refractivity contribution is 0.184. The molecule has 0 amide bonds. The summed E-state index contributed by atoms with van der Waals surface area (Å²) in [4.78, 5) is 4.49. The first-order chi connectivity index (χ1) is 9.91. The van der Waals surface area contributed by atoms with Crippen molar-refractivity contribution in [2.24, 2.45) is 5.92 Å². The fourth-order valence-corrected chi connectivity index (χ4v) is 3.86. The third-order valence-corrected chi connectivity index (χ3v) is 5.35. The lowest BCUT2D eigenvalue weighted by atomic mass is 9.96. The Labute approximate surface area is 127 Å². The fraction of sp³-hybridized carbons (Fsp3) is 0.786. The van der Waals surface area contributed by atoms with Crippen LogP contribution in [0.1, 0.15) is 24.4 Å². The van der Waals surface area contributed by atoms with Crippen LogP contribution in [0.4, 0.5) is 0 Å². The van der Waals surface area contributed by atoms with Crippen molar-refractivity contribution >= 4 is 10.0 Å². The Morgan fingerprint density at radius 3 is 2.90 bits per heavy atom.